The zero-order valence-corrected chi connectivity index (χ0v) is 11.1. The van der Waals surface area contributed by atoms with Crippen LogP contribution >= 0.6 is 0 Å². The molecule has 0 aliphatic carbocycles. The summed E-state index contributed by atoms with van der Waals surface area (Å²) in [5, 5.41) is 31.5. The molecule has 0 radical (unpaired) electrons. The van der Waals surface area contributed by atoms with Crippen molar-refractivity contribution in [1.29, 1.82) is 0 Å². The van der Waals surface area contributed by atoms with Crippen LogP contribution in [0.1, 0.15) is 11.1 Å². The number of ether oxygens (including phenoxy) is 1. The maximum atomic E-state index is 9.69. The summed E-state index contributed by atoms with van der Waals surface area (Å²) in [6.07, 6.45) is 0. The monoisotopic (exact) mass is 275 g/mol. The van der Waals surface area contributed by atoms with Crippen molar-refractivity contribution in [3.8, 4) is 23.0 Å². The van der Waals surface area contributed by atoms with Gasteiger partial charge >= 0.3 is 0 Å². The predicted octanol–water partition coefficient (Wildman–Crippen LogP) is 2.10. The second-order valence-corrected chi connectivity index (χ2v) is 4.40. The van der Waals surface area contributed by atoms with Crippen molar-refractivity contribution in [2.45, 2.75) is 13.1 Å². The minimum atomic E-state index is -0.495. The van der Waals surface area contributed by atoms with Crippen LogP contribution in [0.4, 0.5) is 0 Å². The van der Waals surface area contributed by atoms with Crippen LogP contribution in [-0.4, -0.2) is 22.4 Å². The van der Waals surface area contributed by atoms with E-state index in [1.165, 1.54) is 6.07 Å². The zero-order chi connectivity index (χ0) is 14.5. The number of hydrogen-bond acceptors (Lipinski definition) is 5. The minimum Gasteiger partial charge on any atom is -0.504 e. The molecule has 0 atom stereocenters. The molecule has 106 valence electrons. The van der Waals surface area contributed by atoms with Gasteiger partial charge in [-0.15, -0.1) is 0 Å². The van der Waals surface area contributed by atoms with E-state index in [-0.39, 0.29) is 11.5 Å². The molecule has 0 aliphatic heterocycles. The molecule has 0 amide bonds. The van der Waals surface area contributed by atoms with Crippen molar-refractivity contribution in [2.24, 2.45) is 0 Å². The van der Waals surface area contributed by atoms with Crippen LogP contribution in [0.2, 0.25) is 0 Å². The maximum absolute atomic E-state index is 9.69. The molecular formula is C15H17NO4. The summed E-state index contributed by atoms with van der Waals surface area (Å²) in [6.45, 7) is 0.967. The largest absolute Gasteiger partial charge is 0.504 e. The van der Waals surface area contributed by atoms with E-state index in [9.17, 15) is 15.3 Å². The van der Waals surface area contributed by atoms with E-state index in [1.807, 2.05) is 24.3 Å². The number of nitrogens with one attached hydrogen (secondary N) is 1. The van der Waals surface area contributed by atoms with Crippen LogP contribution in [0, 0.1) is 0 Å². The number of methoxy groups -OCH3 is 1. The second-order valence-electron chi connectivity index (χ2n) is 4.40. The normalized spacial score (nSPS) is 10.4. The average Bonchev–Trinajstić information content (AvgIpc) is 2.47. The van der Waals surface area contributed by atoms with Crippen LogP contribution in [0.25, 0.3) is 0 Å². The van der Waals surface area contributed by atoms with Crippen molar-refractivity contribution in [3.63, 3.8) is 0 Å². The van der Waals surface area contributed by atoms with Crippen LogP contribution in [0.5, 0.6) is 23.0 Å². The lowest BCUT2D eigenvalue weighted by molar-refractivity contribution is 0.364. The molecule has 0 bridgehead atoms. The number of aromatic hydroxyl groups is 3. The molecular weight excluding hydrogens is 258 g/mol. The summed E-state index contributed by atoms with van der Waals surface area (Å²) >= 11 is 0. The number of rotatable bonds is 5. The fraction of sp³-hybridized carbons (Fsp3) is 0.200. The Kier molecular flexibility index (Phi) is 4.32. The van der Waals surface area contributed by atoms with Gasteiger partial charge in [-0.1, -0.05) is 18.2 Å². The maximum Gasteiger partial charge on any atom is 0.200 e. The highest BCUT2D eigenvalue weighted by atomic mass is 16.5. The quantitative estimate of drug-likeness (QED) is 0.628. The molecule has 0 unspecified atom stereocenters. The highest BCUT2D eigenvalue weighted by molar-refractivity contribution is 5.53. The highest BCUT2D eigenvalue weighted by Gasteiger charge is 2.10. The third-order valence-electron chi connectivity index (χ3n) is 2.99. The molecule has 5 nitrogen and oxygen atoms in total. The van der Waals surface area contributed by atoms with E-state index in [0.29, 0.717) is 18.7 Å². The van der Waals surface area contributed by atoms with Gasteiger partial charge in [-0.3, -0.25) is 0 Å². The Morgan fingerprint density at radius 3 is 2.55 bits per heavy atom. The van der Waals surface area contributed by atoms with E-state index >= 15 is 0 Å². The highest BCUT2D eigenvalue weighted by Crippen LogP contribution is 2.36. The minimum absolute atomic E-state index is 0.303. The summed E-state index contributed by atoms with van der Waals surface area (Å²) in [4.78, 5) is 0. The van der Waals surface area contributed by atoms with Gasteiger partial charge < -0.3 is 25.4 Å². The van der Waals surface area contributed by atoms with Gasteiger partial charge in [0.1, 0.15) is 5.75 Å². The van der Waals surface area contributed by atoms with Gasteiger partial charge in [0.25, 0.3) is 0 Å². The summed E-state index contributed by atoms with van der Waals surface area (Å²) < 4.78 is 5.14. The molecule has 20 heavy (non-hydrogen) atoms. The topological polar surface area (TPSA) is 82.0 Å². The average molecular weight is 275 g/mol. The number of hydrogen-bond donors (Lipinski definition) is 4. The fourth-order valence-corrected chi connectivity index (χ4v) is 1.88. The molecule has 0 spiro atoms. The van der Waals surface area contributed by atoms with E-state index in [4.69, 9.17) is 4.74 Å². The summed E-state index contributed by atoms with van der Waals surface area (Å²) in [5.74, 6) is -0.345. The van der Waals surface area contributed by atoms with Crippen molar-refractivity contribution in [1.82, 2.24) is 5.32 Å². The van der Waals surface area contributed by atoms with Gasteiger partial charge in [0.05, 0.1) is 7.11 Å². The van der Waals surface area contributed by atoms with Crippen LogP contribution in [-0.2, 0) is 13.1 Å². The SMILES string of the molecule is COc1cccc(CNCc2ccc(O)c(O)c2O)c1. The van der Waals surface area contributed by atoms with Gasteiger partial charge in [0.2, 0.25) is 5.75 Å². The Morgan fingerprint density at radius 2 is 1.80 bits per heavy atom. The molecule has 0 aromatic heterocycles. The van der Waals surface area contributed by atoms with Crippen molar-refractivity contribution in [3.05, 3.63) is 47.5 Å². The van der Waals surface area contributed by atoms with Crippen LogP contribution in [0.3, 0.4) is 0 Å². The van der Waals surface area contributed by atoms with E-state index < -0.39 is 5.75 Å². The zero-order valence-electron chi connectivity index (χ0n) is 11.1. The standard InChI is InChI=1S/C15H17NO4/c1-20-12-4-2-3-10(7-12)8-16-9-11-5-6-13(17)15(19)14(11)18/h2-7,16-19H,8-9H2,1H3. The lowest BCUT2D eigenvalue weighted by Gasteiger charge is -2.09. The molecule has 2 aromatic carbocycles. The van der Waals surface area contributed by atoms with Crippen molar-refractivity contribution in [2.75, 3.05) is 7.11 Å². The first-order valence-corrected chi connectivity index (χ1v) is 6.18. The fourth-order valence-electron chi connectivity index (χ4n) is 1.88. The third-order valence-corrected chi connectivity index (χ3v) is 2.99. The Hall–Kier alpha value is -2.40. The van der Waals surface area contributed by atoms with Gasteiger partial charge in [0, 0.05) is 18.7 Å². The van der Waals surface area contributed by atoms with Crippen LogP contribution in [0.15, 0.2) is 36.4 Å². The Balaban J connectivity index is 1.97. The summed E-state index contributed by atoms with van der Waals surface area (Å²) in [6, 6.07) is 10.6. The third kappa shape index (κ3) is 3.13. The molecule has 2 rings (SSSR count). The number of phenolic OH excluding ortho intramolecular Hbond substituents is 3. The molecule has 0 aliphatic rings. The number of benzene rings is 2. The van der Waals surface area contributed by atoms with E-state index in [2.05, 4.69) is 5.32 Å². The molecule has 0 saturated carbocycles. The van der Waals surface area contributed by atoms with E-state index in [0.717, 1.165) is 11.3 Å². The van der Waals surface area contributed by atoms with E-state index in [1.54, 1.807) is 13.2 Å². The lowest BCUT2D eigenvalue weighted by atomic mass is 10.1. The Labute approximate surface area is 117 Å². The van der Waals surface area contributed by atoms with Gasteiger partial charge in [-0.05, 0) is 23.8 Å². The van der Waals surface area contributed by atoms with Crippen molar-refractivity contribution >= 4 is 0 Å². The number of phenols is 3. The second kappa shape index (κ2) is 6.16. The molecule has 2 aromatic rings. The summed E-state index contributed by atoms with van der Waals surface area (Å²) in [7, 11) is 1.61. The summed E-state index contributed by atoms with van der Waals surface area (Å²) in [5.41, 5.74) is 1.56. The first-order valence-electron chi connectivity index (χ1n) is 6.18. The van der Waals surface area contributed by atoms with Crippen LogP contribution < -0.4 is 10.1 Å². The first kappa shape index (κ1) is 14.0. The van der Waals surface area contributed by atoms with Crippen molar-refractivity contribution < 1.29 is 20.1 Å². The molecule has 4 N–H and O–H groups in total. The molecule has 0 saturated heterocycles. The molecule has 5 heteroatoms. The first-order chi connectivity index (χ1) is 9.61. The predicted molar refractivity (Wildman–Crippen MR) is 75.0 cm³/mol. The van der Waals surface area contributed by atoms with Gasteiger partial charge in [-0.2, -0.15) is 0 Å². The lowest BCUT2D eigenvalue weighted by Crippen LogP contribution is -2.12. The molecule has 0 fully saturated rings. The van der Waals surface area contributed by atoms with Gasteiger partial charge in [0.15, 0.2) is 11.5 Å². The molecule has 0 heterocycles. The Bertz CT molecular complexity index is 598. The smallest absolute Gasteiger partial charge is 0.200 e. The Morgan fingerprint density at radius 1 is 1.00 bits per heavy atom. The van der Waals surface area contributed by atoms with Gasteiger partial charge in [-0.25, -0.2) is 0 Å².